The van der Waals surface area contributed by atoms with Crippen LogP contribution in [0.2, 0.25) is 0 Å². The van der Waals surface area contributed by atoms with Crippen LogP contribution in [0, 0.1) is 0 Å². The summed E-state index contributed by atoms with van der Waals surface area (Å²) in [7, 11) is 5.40. The standard InChI is InChI=1S/C53H97NO7/c1-6-8-10-12-14-16-18-20-21-22-23-24-25-26-27-28-29-30-32-33-35-37-39-41-43-51(55)60-48-49(47-59-46-45-50(53(57)58)54(3,4)5)61-52(56)44-42-40-38-36-34-31-19-17-15-13-11-9-7-2/h9,11,15,17,31,34,49-50H,6-8,10,12-14,16,18-30,32-33,35-48H2,1-5H3/b11-9-,17-15-,34-31-. The minimum atomic E-state index is -1.13. The summed E-state index contributed by atoms with van der Waals surface area (Å²) >= 11 is 0. The normalized spacial score (nSPS) is 13.1. The molecule has 0 aromatic rings. The Bertz CT molecular complexity index is 1090. The van der Waals surface area contributed by atoms with Crippen molar-refractivity contribution in [1.82, 2.24) is 0 Å². The number of carboxylic acid groups (broad SMARTS) is 1. The molecule has 0 saturated carbocycles. The Hall–Kier alpha value is -2.45. The first-order valence-electron chi connectivity index (χ1n) is 25.5. The molecule has 0 amide bonds. The average molecular weight is 860 g/mol. The Morgan fingerprint density at radius 2 is 0.918 bits per heavy atom. The van der Waals surface area contributed by atoms with Crippen LogP contribution < -0.4 is 5.11 Å². The highest BCUT2D eigenvalue weighted by atomic mass is 16.6. The fraction of sp³-hybridized carbons (Fsp3) is 0.830. The Morgan fingerprint density at radius 1 is 0.508 bits per heavy atom. The number of aliphatic carboxylic acids is 1. The molecule has 8 heteroatoms. The molecular weight excluding hydrogens is 763 g/mol. The molecular formula is C53H97NO7. The van der Waals surface area contributed by atoms with E-state index in [4.69, 9.17) is 14.2 Å². The van der Waals surface area contributed by atoms with Crippen molar-refractivity contribution in [1.29, 1.82) is 0 Å². The number of quaternary nitrogens is 1. The van der Waals surface area contributed by atoms with E-state index in [0.29, 0.717) is 6.42 Å². The number of hydrogen-bond donors (Lipinski definition) is 0. The Labute approximate surface area is 376 Å². The third-order valence-corrected chi connectivity index (χ3v) is 11.5. The zero-order chi connectivity index (χ0) is 44.9. The number of carboxylic acids is 1. The van der Waals surface area contributed by atoms with Crippen LogP contribution in [0.5, 0.6) is 0 Å². The number of unbranched alkanes of at least 4 members (excludes halogenated alkanes) is 26. The Kier molecular flexibility index (Phi) is 42.4. The van der Waals surface area contributed by atoms with E-state index in [-0.39, 0.29) is 49.1 Å². The summed E-state index contributed by atoms with van der Waals surface area (Å²) < 4.78 is 17.2. The summed E-state index contributed by atoms with van der Waals surface area (Å²) in [4.78, 5) is 36.9. The highest BCUT2D eigenvalue weighted by molar-refractivity contribution is 5.70. The summed E-state index contributed by atoms with van der Waals surface area (Å²) in [5.41, 5.74) is 0. The van der Waals surface area contributed by atoms with Crippen LogP contribution in [0.15, 0.2) is 36.5 Å². The Morgan fingerprint density at radius 3 is 1.36 bits per heavy atom. The molecule has 0 aliphatic carbocycles. The van der Waals surface area contributed by atoms with E-state index < -0.39 is 18.1 Å². The number of hydrogen-bond acceptors (Lipinski definition) is 7. The number of carbonyl (C=O) groups excluding carboxylic acids is 3. The SMILES string of the molecule is CC/C=C\C/C=C\C/C=C\CCCCCC(=O)OC(COCCC(C(=O)[O-])[N+](C)(C)C)COC(=O)CCCCCCCCCCCCCCCCCCCCCCCCCC. The molecule has 0 saturated heterocycles. The third kappa shape index (κ3) is 42.6. The maximum Gasteiger partial charge on any atom is 0.306 e. The maximum absolute atomic E-state index is 12.7. The van der Waals surface area contributed by atoms with Crippen LogP contribution in [0.4, 0.5) is 0 Å². The fourth-order valence-electron chi connectivity index (χ4n) is 7.62. The second-order valence-corrected chi connectivity index (χ2v) is 18.4. The lowest BCUT2D eigenvalue weighted by atomic mass is 10.0. The van der Waals surface area contributed by atoms with E-state index in [1.165, 1.54) is 135 Å². The molecule has 0 heterocycles. The molecule has 2 unspecified atom stereocenters. The molecule has 0 N–H and O–H groups in total. The summed E-state index contributed by atoms with van der Waals surface area (Å²) in [5, 5.41) is 11.6. The van der Waals surface area contributed by atoms with Gasteiger partial charge in [-0.1, -0.05) is 204 Å². The van der Waals surface area contributed by atoms with E-state index in [2.05, 4.69) is 50.3 Å². The van der Waals surface area contributed by atoms with Crippen LogP contribution in [0.25, 0.3) is 0 Å². The van der Waals surface area contributed by atoms with Gasteiger partial charge < -0.3 is 28.6 Å². The van der Waals surface area contributed by atoms with Crippen molar-refractivity contribution in [3.63, 3.8) is 0 Å². The topological polar surface area (TPSA) is 102 Å². The predicted octanol–water partition coefficient (Wildman–Crippen LogP) is 13.3. The van der Waals surface area contributed by atoms with Gasteiger partial charge in [0.1, 0.15) is 12.6 Å². The molecule has 356 valence electrons. The highest BCUT2D eigenvalue weighted by Crippen LogP contribution is 2.17. The maximum atomic E-state index is 12.7. The Balaban J connectivity index is 4.14. The van der Waals surface area contributed by atoms with Gasteiger partial charge in [0, 0.05) is 19.3 Å². The van der Waals surface area contributed by atoms with Gasteiger partial charge in [-0.2, -0.15) is 0 Å². The van der Waals surface area contributed by atoms with Gasteiger partial charge in [-0.25, -0.2) is 0 Å². The zero-order valence-electron chi connectivity index (χ0n) is 40.6. The number of esters is 2. The minimum absolute atomic E-state index is 0.0313. The molecule has 0 rings (SSSR count). The van der Waals surface area contributed by atoms with Gasteiger partial charge >= 0.3 is 11.9 Å². The monoisotopic (exact) mass is 860 g/mol. The second-order valence-electron chi connectivity index (χ2n) is 18.4. The van der Waals surface area contributed by atoms with Gasteiger partial charge in [0.25, 0.3) is 0 Å². The first-order valence-corrected chi connectivity index (χ1v) is 25.5. The molecule has 0 aliphatic heterocycles. The molecule has 0 fully saturated rings. The van der Waals surface area contributed by atoms with Crippen molar-refractivity contribution < 1.29 is 38.2 Å². The summed E-state index contributed by atoms with van der Waals surface area (Å²) in [6.45, 7) is 4.54. The van der Waals surface area contributed by atoms with Crippen molar-refractivity contribution in [3.05, 3.63) is 36.5 Å². The van der Waals surface area contributed by atoms with Gasteiger partial charge in [-0.3, -0.25) is 9.59 Å². The molecule has 2 atom stereocenters. The van der Waals surface area contributed by atoms with Crippen molar-refractivity contribution in [2.24, 2.45) is 0 Å². The van der Waals surface area contributed by atoms with E-state index in [0.717, 1.165) is 64.2 Å². The largest absolute Gasteiger partial charge is 0.544 e. The van der Waals surface area contributed by atoms with Gasteiger partial charge in [-0.05, 0) is 44.9 Å². The van der Waals surface area contributed by atoms with Crippen molar-refractivity contribution in [2.75, 3.05) is 41.0 Å². The summed E-state index contributed by atoms with van der Waals surface area (Å²) in [6.07, 6.45) is 51.9. The van der Waals surface area contributed by atoms with Gasteiger partial charge in [0.2, 0.25) is 0 Å². The van der Waals surface area contributed by atoms with Crippen LogP contribution in [-0.4, -0.2) is 75.5 Å². The van der Waals surface area contributed by atoms with Crippen molar-refractivity contribution in [2.45, 2.75) is 244 Å². The van der Waals surface area contributed by atoms with E-state index in [9.17, 15) is 19.5 Å². The van der Waals surface area contributed by atoms with Crippen LogP contribution in [0.1, 0.15) is 232 Å². The average Bonchev–Trinajstić information content (AvgIpc) is 3.22. The molecule has 61 heavy (non-hydrogen) atoms. The predicted molar refractivity (Wildman–Crippen MR) is 254 cm³/mol. The molecule has 0 aromatic carbocycles. The minimum Gasteiger partial charge on any atom is -0.544 e. The molecule has 0 radical (unpaired) electrons. The van der Waals surface area contributed by atoms with E-state index in [1.54, 1.807) is 21.1 Å². The molecule has 0 aliphatic rings. The first-order chi connectivity index (χ1) is 29.6. The van der Waals surface area contributed by atoms with E-state index in [1.807, 2.05) is 0 Å². The van der Waals surface area contributed by atoms with Gasteiger partial charge in [-0.15, -0.1) is 0 Å². The van der Waals surface area contributed by atoms with Crippen LogP contribution in [-0.2, 0) is 28.6 Å². The number of carbonyl (C=O) groups is 3. The van der Waals surface area contributed by atoms with Crippen LogP contribution in [0.3, 0.4) is 0 Å². The number of likely N-dealkylation sites (N-methyl/N-ethyl adjacent to an activating group) is 1. The number of ether oxygens (including phenoxy) is 3. The lowest BCUT2D eigenvalue weighted by molar-refractivity contribution is -0.889. The number of allylic oxidation sites excluding steroid dienone is 6. The van der Waals surface area contributed by atoms with Crippen molar-refractivity contribution >= 4 is 17.9 Å². The number of nitrogens with zero attached hydrogens (tertiary/aromatic N) is 1. The second kappa shape index (κ2) is 44.2. The molecule has 0 spiro atoms. The third-order valence-electron chi connectivity index (χ3n) is 11.5. The fourth-order valence-corrected chi connectivity index (χ4v) is 7.62. The smallest absolute Gasteiger partial charge is 0.306 e. The van der Waals surface area contributed by atoms with Crippen LogP contribution >= 0.6 is 0 Å². The lowest BCUT2D eigenvalue weighted by Crippen LogP contribution is -2.55. The molecule has 0 bridgehead atoms. The molecule has 8 nitrogen and oxygen atoms in total. The highest BCUT2D eigenvalue weighted by Gasteiger charge is 2.25. The van der Waals surface area contributed by atoms with E-state index >= 15 is 0 Å². The lowest BCUT2D eigenvalue weighted by Gasteiger charge is -2.34. The van der Waals surface area contributed by atoms with Gasteiger partial charge in [0.05, 0.1) is 40.3 Å². The van der Waals surface area contributed by atoms with Gasteiger partial charge in [0.15, 0.2) is 6.10 Å². The molecule has 0 aromatic heterocycles. The summed E-state index contributed by atoms with van der Waals surface area (Å²) in [5.74, 6) is -1.76. The number of rotatable bonds is 46. The zero-order valence-corrected chi connectivity index (χ0v) is 40.6. The quantitative estimate of drug-likeness (QED) is 0.0260. The van der Waals surface area contributed by atoms with Crippen molar-refractivity contribution in [3.8, 4) is 0 Å². The first kappa shape index (κ1) is 58.6. The summed E-state index contributed by atoms with van der Waals surface area (Å²) in [6, 6.07) is -0.730.